The Morgan fingerprint density at radius 3 is 2.56 bits per heavy atom. The van der Waals surface area contributed by atoms with Crippen molar-refractivity contribution in [3.63, 3.8) is 0 Å². The van der Waals surface area contributed by atoms with Gasteiger partial charge < -0.3 is 24.6 Å². The van der Waals surface area contributed by atoms with Crippen LogP contribution in [-0.4, -0.2) is 49.9 Å². The summed E-state index contributed by atoms with van der Waals surface area (Å²) in [6.07, 6.45) is -3.21. The summed E-state index contributed by atoms with van der Waals surface area (Å²) in [7, 11) is -5.02. The standard InChI is InChI=1S/C6H9O9P.H2/c7-1-2(8)4-3(9)5(6(10)14-4)15-16(11,12)13;/h2,4,7-9H,1H2,(H2,11,12,13);1H. The zero-order valence-electron chi connectivity index (χ0n) is 7.68. The van der Waals surface area contributed by atoms with Crippen LogP contribution in [0.25, 0.3) is 0 Å². The number of aliphatic hydroxyl groups excluding tert-OH is 3. The largest absolute Gasteiger partial charge is 0.525 e. The predicted octanol–water partition coefficient (Wildman–Crippen LogP) is -1.61. The lowest BCUT2D eigenvalue weighted by Gasteiger charge is -2.13. The van der Waals surface area contributed by atoms with Gasteiger partial charge in [0.2, 0.25) is 0 Å². The van der Waals surface area contributed by atoms with Gasteiger partial charge >= 0.3 is 13.8 Å². The molecule has 0 aliphatic carbocycles. The number of rotatable bonds is 4. The van der Waals surface area contributed by atoms with Crippen molar-refractivity contribution in [3.05, 3.63) is 11.5 Å². The molecule has 2 atom stereocenters. The van der Waals surface area contributed by atoms with Crippen LogP contribution in [0.1, 0.15) is 1.43 Å². The predicted molar refractivity (Wildman–Crippen MR) is 47.9 cm³/mol. The molecule has 0 saturated heterocycles. The van der Waals surface area contributed by atoms with Gasteiger partial charge in [0, 0.05) is 1.43 Å². The number of carbonyl (C=O) groups excluding carboxylic acids is 1. The van der Waals surface area contributed by atoms with E-state index in [1.165, 1.54) is 0 Å². The van der Waals surface area contributed by atoms with Gasteiger partial charge in [-0.25, -0.2) is 9.36 Å². The Morgan fingerprint density at radius 1 is 1.56 bits per heavy atom. The molecule has 0 amide bonds. The number of cyclic esters (lactones) is 1. The van der Waals surface area contributed by atoms with Gasteiger partial charge in [0.05, 0.1) is 6.61 Å². The fourth-order valence-electron chi connectivity index (χ4n) is 1.02. The SMILES string of the molecule is O=C1OC(C(O)CO)C(O)=C1OP(=O)(O)O.[HH]. The quantitative estimate of drug-likeness (QED) is 0.296. The highest BCUT2D eigenvalue weighted by atomic mass is 31.2. The van der Waals surface area contributed by atoms with Crippen LogP contribution >= 0.6 is 7.82 Å². The molecule has 1 aliphatic rings. The Hall–Kier alpha value is -1.12. The number of hydrogen-bond donors (Lipinski definition) is 5. The van der Waals surface area contributed by atoms with Gasteiger partial charge in [-0.3, -0.25) is 9.79 Å². The Kier molecular flexibility index (Phi) is 3.56. The fourth-order valence-corrected chi connectivity index (χ4v) is 1.42. The molecule has 0 aromatic rings. The number of phosphoric ester groups is 1. The van der Waals surface area contributed by atoms with Gasteiger partial charge in [-0.05, 0) is 0 Å². The molecule has 0 aromatic heterocycles. The van der Waals surface area contributed by atoms with Crippen molar-refractivity contribution >= 4 is 13.8 Å². The lowest BCUT2D eigenvalue weighted by Crippen LogP contribution is -2.31. The van der Waals surface area contributed by atoms with E-state index in [1.807, 2.05) is 0 Å². The topological polar surface area (TPSA) is 154 Å². The second-order valence-electron chi connectivity index (χ2n) is 2.87. The zero-order valence-corrected chi connectivity index (χ0v) is 8.57. The molecule has 94 valence electrons. The minimum absolute atomic E-state index is 0. The molecule has 1 aliphatic heterocycles. The summed E-state index contributed by atoms with van der Waals surface area (Å²) in [5.74, 6) is -3.39. The molecule has 0 saturated carbocycles. The summed E-state index contributed by atoms with van der Waals surface area (Å²) >= 11 is 0. The average Bonchev–Trinajstić information content (AvgIpc) is 2.42. The second kappa shape index (κ2) is 4.40. The first-order valence-corrected chi connectivity index (χ1v) is 5.47. The summed E-state index contributed by atoms with van der Waals surface area (Å²) in [5, 5.41) is 26.9. The number of carbonyl (C=O) groups is 1. The number of hydrogen-bond acceptors (Lipinski definition) is 7. The molecule has 2 unspecified atom stereocenters. The molecular weight excluding hydrogens is 247 g/mol. The monoisotopic (exact) mass is 258 g/mol. The van der Waals surface area contributed by atoms with E-state index in [1.54, 1.807) is 0 Å². The van der Waals surface area contributed by atoms with Crippen LogP contribution in [0.2, 0.25) is 0 Å². The number of aliphatic hydroxyl groups is 3. The molecule has 0 bridgehead atoms. The Morgan fingerprint density at radius 2 is 2.12 bits per heavy atom. The van der Waals surface area contributed by atoms with Crippen molar-refractivity contribution in [1.29, 1.82) is 0 Å². The molecule has 0 spiro atoms. The molecule has 1 rings (SSSR count). The second-order valence-corrected chi connectivity index (χ2v) is 4.04. The highest BCUT2D eigenvalue weighted by molar-refractivity contribution is 7.46. The van der Waals surface area contributed by atoms with E-state index in [-0.39, 0.29) is 1.43 Å². The molecule has 9 nitrogen and oxygen atoms in total. The van der Waals surface area contributed by atoms with Gasteiger partial charge in [0.25, 0.3) is 5.76 Å². The van der Waals surface area contributed by atoms with Crippen LogP contribution in [0.4, 0.5) is 0 Å². The normalized spacial score (nSPS) is 23.2. The van der Waals surface area contributed by atoms with Gasteiger partial charge in [-0.1, -0.05) is 0 Å². The van der Waals surface area contributed by atoms with E-state index < -0.39 is 44.1 Å². The van der Waals surface area contributed by atoms with Crippen LogP contribution < -0.4 is 0 Å². The maximum atomic E-state index is 11.0. The van der Waals surface area contributed by atoms with E-state index in [0.717, 1.165) is 0 Å². The van der Waals surface area contributed by atoms with E-state index in [0.29, 0.717) is 0 Å². The van der Waals surface area contributed by atoms with Crippen molar-refractivity contribution in [3.8, 4) is 0 Å². The molecule has 0 fully saturated rings. The lowest BCUT2D eigenvalue weighted by atomic mass is 10.2. The summed E-state index contributed by atoms with van der Waals surface area (Å²) in [5.41, 5.74) is 0. The summed E-state index contributed by atoms with van der Waals surface area (Å²) in [6, 6.07) is 0. The van der Waals surface area contributed by atoms with Crippen LogP contribution in [0, 0.1) is 0 Å². The molecular formula is C6H11O9P. The Balaban J connectivity index is 0.00000256. The van der Waals surface area contributed by atoms with Crippen LogP contribution in [0.5, 0.6) is 0 Å². The van der Waals surface area contributed by atoms with Gasteiger partial charge in [0.1, 0.15) is 6.10 Å². The maximum absolute atomic E-state index is 11.0. The van der Waals surface area contributed by atoms with Crippen LogP contribution in [-0.2, 0) is 18.6 Å². The third-order valence-electron chi connectivity index (χ3n) is 1.67. The van der Waals surface area contributed by atoms with Crippen molar-refractivity contribution in [2.45, 2.75) is 12.2 Å². The number of ether oxygens (including phenoxy) is 1. The highest BCUT2D eigenvalue weighted by Gasteiger charge is 2.42. The summed E-state index contributed by atoms with van der Waals surface area (Å²) in [4.78, 5) is 27.8. The Bertz CT molecular complexity index is 374. The summed E-state index contributed by atoms with van der Waals surface area (Å²) in [6.45, 7) is -0.814. The van der Waals surface area contributed by atoms with Crippen molar-refractivity contribution in [2.75, 3.05) is 6.61 Å². The van der Waals surface area contributed by atoms with Gasteiger partial charge in [-0.15, -0.1) is 0 Å². The first-order valence-electron chi connectivity index (χ1n) is 3.94. The summed E-state index contributed by atoms with van der Waals surface area (Å²) < 4.78 is 18.7. The zero-order chi connectivity index (χ0) is 12.5. The molecule has 0 radical (unpaired) electrons. The van der Waals surface area contributed by atoms with Crippen LogP contribution in [0.3, 0.4) is 0 Å². The average molecular weight is 258 g/mol. The third kappa shape index (κ3) is 2.71. The van der Waals surface area contributed by atoms with E-state index in [9.17, 15) is 14.5 Å². The third-order valence-corrected chi connectivity index (χ3v) is 2.09. The fraction of sp³-hybridized carbons (Fsp3) is 0.500. The Labute approximate surface area is 90.3 Å². The molecule has 1 heterocycles. The minimum atomic E-state index is -5.02. The smallest absolute Gasteiger partial charge is 0.505 e. The molecule has 16 heavy (non-hydrogen) atoms. The number of esters is 1. The van der Waals surface area contributed by atoms with E-state index in [2.05, 4.69) is 9.26 Å². The van der Waals surface area contributed by atoms with Gasteiger partial charge in [-0.2, -0.15) is 0 Å². The highest BCUT2D eigenvalue weighted by Crippen LogP contribution is 2.42. The van der Waals surface area contributed by atoms with E-state index in [4.69, 9.17) is 20.0 Å². The van der Waals surface area contributed by atoms with Gasteiger partial charge in [0.15, 0.2) is 11.9 Å². The van der Waals surface area contributed by atoms with Crippen molar-refractivity contribution < 1.29 is 45.2 Å². The number of phosphoric acid groups is 1. The maximum Gasteiger partial charge on any atom is 0.525 e. The molecule has 5 N–H and O–H groups in total. The van der Waals surface area contributed by atoms with E-state index >= 15 is 0 Å². The first kappa shape index (κ1) is 12.9. The molecule has 0 aromatic carbocycles. The minimum Gasteiger partial charge on any atom is -0.505 e. The molecule has 10 heteroatoms. The lowest BCUT2D eigenvalue weighted by molar-refractivity contribution is -0.147. The van der Waals surface area contributed by atoms with Crippen LogP contribution in [0.15, 0.2) is 11.5 Å². The first-order chi connectivity index (χ1) is 7.26. The van der Waals surface area contributed by atoms with Crippen molar-refractivity contribution in [2.24, 2.45) is 0 Å². The van der Waals surface area contributed by atoms with Crippen molar-refractivity contribution in [1.82, 2.24) is 0 Å².